The van der Waals surface area contributed by atoms with E-state index in [0.29, 0.717) is 6.54 Å². The quantitative estimate of drug-likeness (QED) is 0.582. The number of hydrogen-bond donors (Lipinski definition) is 3. The molecule has 3 nitrogen and oxygen atoms in total. The molecule has 0 fully saturated rings. The van der Waals surface area contributed by atoms with E-state index < -0.39 is 5.60 Å². The molecule has 3 heteroatoms. The second-order valence-electron chi connectivity index (χ2n) is 5.17. The molecule has 3 N–H and O–H groups in total. The van der Waals surface area contributed by atoms with Crippen LogP contribution in [0.2, 0.25) is 0 Å². The molecule has 0 rings (SSSR count). The summed E-state index contributed by atoms with van der Waals surface area (Å²) in [5, 5.41) is 22.1. The zero-order valence-corrected chi connectivity index (χ0v) is 9.93. The fourth-order valence-electron chi connectivity index (χ4n) is 1.35. The number of aliphatic hydroxyl groups is 2. The van der Waals surface area contributed by atoms with Crippen molar-refractivity contribution in [1.29, 1.82) is 0 Å². The Bertz CT molecular complexity index is 155. The second kappa shape index (κ2) is 5.69. The molecule has 14 heavy (non-hydrogen) atoms. The lowest BCUT2D eigenvalue weighted by atomic mass is 9.94. The van der Waals surface area contributed by atoms with E-state index in [1.54, 1.807) is 0 Å². The molecule has 0 aliphatic carbocycles. The highest BCUT2D eigenvalue weighted by Crippen LogP contribution is 2.13. The van der Waals surface area contributed by atoms with Crippen molar-refractivity contribution in [1.82, 2.24) is 5.32 Å². The van der Waals surface area contributed by atoms with E-state index in [2.05, 4.69) is 12.2 Å². The van der Waals surface area contributed by atoms with Crippen LogP contribution in [0, 0.1) is 5.41 Å². The van der Waals surface area contributed by atoms with Crippen LogP contribution < -0.4 is 5.32 Å². The third-order valence-electron chi connectivity index (χ3n) is 2.33. The van der Waals surface area contributed by atoms with Gasteiger partial charge in [-0.05, 0) is 13.3 Å². The van der Waals surface area contributed by atoms with Crippen molar-refractivity contribution >= 4 is 0 Å². The number of rotatable bonds is 7. The van der Waals surface area contributed by atoms with E-state index in [0.717, 1.165) is 19.4 Å². The summed E-state index contributed by atoms with van der Waals surface area (Å²) < 4.78 is 0. The topological polar surface area (TPSA) is 52.5 Å². The average Bonchev–Trinajstić information content (AvgIpc) is 2.03. The van der Waals surface area contributed by atoms with Gasteiger partial charge in [0.1, 0.15) is 0 Å². The van der Waals surface area contributed by atoms with Crippen LogP contribution in [0.3, 0.4) is 0 Å². The van der Waals surface area contributed by atoms with Crippen molar-refractivity contribution in [3.63, 3.8) is 0 Å². The molecule has 0 radical (unpaired) electrons. The molecule has 0 aromatic heterocycles. The van der Waals surface area contributed by atoms with Gasteiger partial charge < -0.3 is 15.5 Å². The minimum absolute atomic E-state index is 0.109. The maximum atomic E-state index is 9.86. The van der Waals surface area contributed by atoms with E-state index in [9.17, 15) is 5.11 Å². The fraction of sp³-hybridized carbons (Fsp3) is 1.00. The Labute approximate surface area is 87.5 Å². The summed E-state index contributed by atoms with van der Waals surface area (Å²) in [4.78, 5) is 0. The van der Waals surface area contributed by atoms with Gasteiger partial charge in [0, 0.05) is 25.1 Å². The maximum Gasteiger partial charge on any atom is 0.0743 e. The predicted octanol–water partition coefficient (Wildman–Crippen LogP) is 1.15. The van der Waals surface area contributed by atoms with E-state index in [4.69, 9.17) is 5.11 Å². The highest BCUT2D eigenvalue weighted by Gasteiger charge is 2.21. The maximum absolute atomic E-state index is 9.86. The molecule has 0 bridgehead atoms. The Morgan fingerprint density at radius 3 is 2.14 bits per heavy atom. The first-order valence-electron chi connectivity index (χ1n) is 5.37. The van der Waals surface area contributed by atoms with Crippen molar-refractivity contribution in [3.05, 3.63) is 0 Å². The average molecular weight is 203 g/mol. The minimum Gasteiger partial charge on any atom is -0.396 e. The first-order valence-corrected chi connectivity index (χ1v) is 5.37. The molecule has 0 amide bonds. The summed E-state index contributed by atoms with van der Waals surface area (Å²) in [5.41, 5.74) is -0.734. The van der Waals surface area contributed by atoms with Crippen molar-refractivity contribution in [2.75, 3.05) is 19.7 Å². The molecule has 86 valence electrons. The van der Waals surface area contributed by atoms with E-state index in [1.807, 2.05) is 20.8 Å². The molecular weight excluding hydrogens is 178 g/mol. The first kappa shape index (κ1) is 13.9. The Morgan fingerprint density at radius 1 is 1.14 bits per heavy atom. The molecule has 0 aliphatic heterocycles. The number of nitrogens with one attached hydrogen (secondary N) is 1. The summed E-state index contributed by atoms with van der Waals surface area (Å²) in [6.45, 7) is 9.37. The Morgan fingerprint density at radius 2 is 1.71 bits per heavy atom. The summed E-state index contributed by atoms with van der Waals surface area (Å²) in [5.74, 6) is 0. The van der Waals surface area contributed by atoms with Gasteiger partial charge in [-0.3, -0.25) is 0 Å². The fourth-order valence-corrected chi connectivity index (χ4v) is 1.35. The summed E-state index contributed by atoms with van der Waals surface area (Å²) in [6.07, 6.45) is 1.79. The second-order valence-corrected chi connectivity index (χ2v) is 5.17. The number of aliphatic hydroxyl groups excluding tert-OH is 1. The molecular formula is C11H25NO2. The molecule has 0 aliphatic rings. The highest BCUT2D eigenvalue weighted by molar-refractivity contribution is 4.77. The van der Waals surface area contributed by atoms with Crippen molar-refractivity contribution in [2.24, 2.45) is 5.41 Å². The van der Waals surface area contributed by atoms with Crippen LogP contribution in [0.15, 0.2) is 0 Å². The molecule has 0 aromatic carbocycles. The third kappa shape index (κ3) is 6.35. The molecule has 0 saturated heterocycles. The van der Waals surface area contributed by atoms with Gasteiger partial charge in [0.15, 0.2) is 0 Å². The zero-order chi connectivity index (χ0) is 11.2. The van der Waals surface area contributed by atoms with Crippen LogP contribution in [0.25, 0.3) is 0 Å². The van der Waals surface area contributed by atoms with Gasteiger partial charge in [0.05, 0.1) is 5.60 Å². The smallest absolute Gasteiger partial charge is 0.0743 e. The van der Waals surface area contributed by atoms with Crippen molar-refractivity contribution < 1.29 is 10.2 Å². The van der Waals surface area contributed by atoms with E-state index in [1.165, 1.54) is 0 Å². The lowest BCUT2D eigenvalue weighted by Crippen LogP contribution is -2.42. The van der Waals surface area contributed by atoms with Gasteiger partial charge in [-0.1, -0.05) is 27.2 Å². The van der Waals surface area contributed by atoms with Gasteiger partial charge in [0.2, 0.25) is 0 Å². The molecule has 0 aromatic rings. The van der Waals surface area contributed by atoms with Crippen LogP contribution in [-0.4, -0.2) is 35.5 Å². The van der Waals surface area contributed by atoms with Gasteiger partial charge >= 0.3 is 0 Å². The van der Waals surface area contributed by atoms with Crippen molar-refractivity contribution in [3.8, 4) is 0 Å². The molecule has 0 saturated carbocycles. The third-order valence-corrected chi connectivity index (χ3v) is 2.33. The van der Waals surface area contributed by atoms with Crippen LogP contribution in [0.1, 0.15) is 40.5 Å². The van der Waals surface area contributed by atoms with E-state index in [-0.39, 0.29) is 12.0 Å². The van der Waals surface area contributed by atoms with Crippen LogP contribution >= 0.6 is 0 Å². The highest BCUT2D eigenvalue weighted by atomic mass is 16.3. The lowest BCUT2D eigenvalue weighted by Gasteiger charge is -2.27. The van der Waals surface area contributed by atoms with Gasteiger partial charge in [-0.2, -0.15) is 0 Å². The largest absolute Gasteiger partial charge is 0.396 e. The summed E-state index contributed by atoms with van der Waals surface area (Å²) in [7, 11) is 0. The first-order chi connectivity index (χ1) is 6.33. The Balaban J connectivity index is 3.73. The number of hydrogen-bond acceptors (Lipinski definition) is 3. The van der Waals surface area contributed by atoms with E-state index >= 15 is 0 Å². The Hall–Kier alpha value is -0.120. The van der Waals surface area contributed by atoms with Crippen molar-refractivity contribution in [2.45, 2.75) is 46.1 Å². The summed E-state index contributed by atoms with van der Waals surface area (Å²) >= 11 is 0. The Kier molecular flexibility index (Phi) is 5.64. The van der Waals surface area contributed by atoms with Gasteiger partial charge in [0.25, 0.3) is 0 Å². The SMILES string of the molecule is CCCC(C)(O)CNCC(C)(C)CO. The molecule has 0 heterocycles. The van der Waals surface area contributed by atoms with Gasteiger partial charge in [-0.15, -0.1) is 0 Å². The summed E-state index contributed by atoms with van der Waals surface area (Å²) in [6, 6.07) is 0. The van der Waals surface area contributed by atoms with Crippen LogP contribution in [0.5, 0.6) is 0 Å². The lowest BCUT2D eigenvalue weighted by molar-refractivity contribution is 0.0453. The molecule has 1 atom stereocenters. The molecule has 1 unspecified atom stereocenters. The zero-order valence-electron chi connectivity index (χ0n) is 9.93. The normalized spacial score (nSPS) is 16.7. The minimum atomic E-state index is -0.625. The van der Waals surface area contributed by atoms with Crippen LogP contribution in [0.4, 0.5) is 0 Å². The van der Waals surface area contributed by atoms with Gasteiger partial charge in [-0.25, -0.2) is 0 Å². The standard InChI is InChI=1S/C11H25NO2/c1-5-6-11(4,14)8-12-7-10(2,3)9-13/h12-14H,5-9H2,1-4H3. The molecule has 0 spiro atoms. The van der Waals surface area contributed by atoms with Crippen LogP contribution in [-0.2, 0) is 0 Å². The predicted molar refractivity (Wildman–Crippen MR) is 59.3 cm³/mol. The monoisotopic (exact) mass is 203 g/mol.